The molecule has 1 fully saturated rings. The van der Waals surface area contributed by atoms with Gasteiger partial charge in [-0.25, -0.2) is 4.98 Å². The van der Waals surface area contributed by atoms with Crippen molar-refractivity contribution in [3.8, 4) is 0 Å². The van der Waals surface area contributed by atoms with E-state index in [1.165, 1.54) is 24.4 Å². The molecule has 1 aromatic carbocycles. The van der Waals surface area contributed by atoms with Gasteiger partial charge in [0.25, 0.3) is 5.56 Å². The Morgan fingerprint density at radius 2 is 1.96 bits per heavy atom. The van der Waals surface area contributed by atoms with Gasteiger partial charge in [-0.05, 0) is 36.9 Å². The summed E-state index contributed by atoms with van der Waals surface area (Å²) in [7, 11) is 0. The van der Waals surface area contributed by atoms with Crippen molar-refractivity contribution in [1.29, 1.82) is 0 Å². The van der Waals surface area contributed by atoms with Crippen LogP contribution >= 0.6 is 11.8 Å². The Kier molecular flexibility index (Phi) is 5.53. The fourth-order valence-electron chi connectivity index (χ4n) is 3.03. The van der Waals surface area contributed by atoms with Crippen LogP contribution in [0.25, 0.3) is 0 Å². The predicted octanol–water partition coefficient (Wildman–Crippen LogP) is 3.51. The van der Waals surface area contributed by atoms with Crippen LogP contribution in [0.3, 0.4) is 0 Å². The Bertz CT molecular complexity index is 860. The number of nitrogens with two attached hydrogens (primary N) is 1. The van der Waals surface area contributed by atoms with E-state index in [0.29, 0.717) is 25.5 Å². The molecule has 1 aromatic heterocycles. The van der Waals surface area contributed by atoms with Crippen LogP contribution in [0.5, 0.6) is 0 Å². The van der Waals surface area contributed by atoms with Gasteiger partial charge >= 0.3 is 6.18 Å². The molecule has 5 nitrogen and oxygen atoms in total. The number of halogens is 3. The second-order valence-corrected chi connectivity index (χ2v) is 8.08. The number of piperidine rings is 1. The Hall–Kier alpha value is -2.00. The van der Waals surface area contributed by atoms with Gasteiger partial charge in [-0.2, -0.15) is 13.2 Å². The Labute approximate surface area is 159 Å². The fourth-order valence-corrected chi connectivity index (χ4v) is 3.95. The van der Waals surface area contributed by atoms with E-state index >= 15 is 0 Å². The zero-order valence-corrected chi connectivity index (χ0v) is 15.7. The number of H-pyrrole nitrogens is 1. The maximum Gasteiger partial charge on any atom is 0.417 e. The van der Waals surface area contributed by atoms with Crippen molar-refractivity contribution >= 4 is 17.6 Å². The lowest BCUT2D eigenvalue weighted by molar-refractivity contribution is -0.139. The monoisotopic (exact) mass is 398 g/mol. The summed E-state index contributed by atoms with van der Waals surface area (Å²) in [6.07, 6.45) is -1.33. The van der Waals surface area contributed by atoms with Crippen LogP contribution in [0.1, 0.15) is 25.3 Å². The minimum absolute atomic E-state index is 0.0203. The second kappa shape index (κ2) is 7.55. The lowest BCUT2D eigenvalue weighted by atomic mass is 9.80. The van der Waals surface area contributed by atoms with Gasteiger partial charge in [0.1, 0.15) is 0 Å². The van der Waals surface area contributed by atoms with Gasteiger partial charge < -0.3 is 15.6 Å². The molecule has 1 saturated heterocycles. The Morgan fingerprint density at radius 3 is 2.56 bits per heavy atom. The van der Waals surface area contributed by atoms with Gasteiger partial charge in [-0.15, -0.1) is 0 Å². The number of benzene rings is 1. The minimum atomic E-state index is -4.46. The van der Waals surface area contributed by atoms with Crippen LogP contribution in [0.4, 0.5) is 19.0 Å². The van der Waals surface area contributed by atoms with Crippen molar-refractivity contribution in [2.24, 2.45) is 11.1 Å². The smallest absolute Gasteiger partial charge is 0.352 e. The average molecular weight is 398 g/mol. The first kappa shape index (κ1) is 19.8. The minimum Gasteiger partial charge on any atom is -0.352 e. The molecule has 1 aliphatic rings. The molecule has 0 amide bonds. The SMILES string of the molecule is CC1(CN)CCN(c2ncc(Sc3ccccc3C(F)(F)F)[nH]c2=O)CC1. The first-order valence-electron chi connectivity index (χ1n) is 8.60. The molecule has 2 heterocycles. The maximum absolute atomic E-state index is 13.1. The summed E-state index contributed by atoms with van der Waals surface area (Å²) in [4.78, 5) is 21.2. The molecule has 0 spiro atoms. The highest BCUT2D eigenvalue weighted by Crippen LogP contribution is 2.38. The third-order valence-electron chi connectivity index (χ3n) is 4.92. The summed E-state index contributed by atoms with van der Waals surface area (Å²) in [6, 6.07) is 5.25. The number of hydrogen-bond acceptors (Lipinski definition) is 5. The highest BCUT2D eigenvalue weighted by molar-refractivity contribution is 7.99. The molecule has 146 valence electrons. The van der Waals surface area contributed by atoms with Crippen molar-refractivity contribution < 1.29 is 13.2 Å². The quantitative estimate of drug-likeness (QED) is 0.825. The van der Waals surface area contributed by atoms with Crippen molar-refractivity contribution in [3.63, 3.8) is 0 Å². The van der Waals surface area contributed by atoms with E-state index in [9.17, 15) is 18.0 Å². The van der Waals surface area contributed by atoms with Crippen molar-refractivity contribution in [2.75, 3.05) is 24.5 Å². The molecule has 0 unspecified atom stereocenters. The summed E-state index contributed by atoms with van der Waals surface area (Å²) >= 11 is 0.841. The molecule has 2 aromatic rings. The molecule has 3 N–H and O–H groups in total. The van der Waals surface area contributed by atoms with Crippen molar-refractivity contribution in [3.05, 3.63) is 46.4 Å². The number of rotatable bonds is 4. The molecule has 9 heteroatoms. The van der Waals surface area contributed by atoms with E-state index in [2.05, 4.69) is 16.9 Å². The van der Waals surface area contributed by atoms with Crippen molar-refractivity contribution in [1.82, 2.24) is 9.97 Å². The average Bonchev–Trinajstić information content (AvgIpc) is 2.63. The number of nitrogens with zero attached hydrogens (tertiary/aromatic N) is 2. The standard InChI is InChI=1S/C18H21F3N4OS/c1-17(11-22)6-8-25(9-7-17)15-16(26)24-14(10-23-15)27-13-5-3-2-4-12(13)18(19,20)21/h2-5,10H,6-9,11,22H2,1H3,(H,24,26). The molecule has 1 aliphatic heterocycles. The molecular formula is C18H21F3N4OS. The van der Waals surface area contributed by atoms with Crippen LogP contribution in [-0.2, 0) is 6.18 Å². The molecule has 0 atom stereocenters. The fraction of sp³-hybridized carbons (Fsp3) is 0.444. The number of anilines is 1. The molecule has 27 heavy (non-hydrogen) atoms. The van der Waals surface area contributed by atoms with E-state index in [4.69, 9.17) is 5.73 Å². The summed E-state index contributed by atoms with van der Waals surface area (Å²) in [6.45, 7) is 4.07. The second-order valence-electron chi connectivity index (χ2n) is 7.00. The molecule has 3 rings (SSSR count). The predicted molar refractivity (Wildman–Crippen MR) is 99.0 cm³/mol. The van der Waals surface area contributed by atoms with E-state index in [0.717, 1.165) is 30.7 Å². The van der Waals surface area contributed by atoms with E-state index in [1.807, 2.05) is 4.90 Å². The molecular weight excluding hydrogens is 377 g/mol. The van der Waals surface area contributed by atoms with E-state index in [1.54, 1.807) is 0 Å². The lowest BCUT2D eigenvalue weighted by Crippen LogP contribution is -2.44. The Balaban J connectivity index is 1.78. The first-order chi connectivity index (χ1) is 12.7. The molecule has 0 radical (unpaired) electrons. The molecule has 0 bridgehead atoms. The summed E-state index contributed by atoms with van der Waals surface area (Å²) < 4.78 is 39.3. The number of hydrogen-bond donors (Lipinski definition) is 2. The molecule has 0 saturated carbocycles. The van der Waals surface area contributed by atoms with Gasteiger partial charge in [0, 0.05) is 18.0 Å². The zero-order valence-electron chi connectivity index (χ0n) is 14.8. The maximum atomic E-state index is 13.1. The topological polar surface area (TPSA) is 75.0 Å². The summed E-state index contributed by atoms with van der Waals surface area (Å²) in [5.41, 5.74) is 4.73. The number of aromatic amines is 1. The van der Waals surface area contributed by atoms with Crippen LogP contribution in [0, 0.1) is 5.41 Å². The number of aromatic nitrogens is 2. The van der Waals surface area contributed by atoms with Gasteiger partial charge in [0.05, 0.1) is 16.8 Å². The summed E-state index contributed by atoms with van der Waals surface area (Å²) in [5.74, 6) is 0.294. The third kappa shape index (κ3) is 4.47. The molecule has 0 aliphatic carbocycles. The van der Waals surface area contributed by atoms with Crippen LogP contribution < -0.4 is 16.2 Å². The van der Waals surface area contributed by atoms with Gasteiger partial charge in [0.2, 0.25) is 0 Å². The highest BCUT2D eigenvalue weighted by Gasteiger charge is 2.33. The largest absolute Gasteiger partial charge is 0.417 e. The number of alkyl halides is 3. The third-order valence-corrected chi connectivity index (χ3v) is 5.92. The highest BCUT2D eigenvalue weighted by atomic mass is 32.2. The van der Waals surface area contributed by atoms with Gasteiger partial charge in [0.15, 0.2) is 5.82 Å². The van der Waals surface area contributed by atoms with Crippen LogP contribution in [0.15, 0.2) is 45.2 Å². The Morgan fingerprint density at radius 1 is 1.30 bits per heavy atom. The van der Waals surface area contributed by atoms with Gasteiger partial charge in [-0.1, -0.05) is 30.8 Å². The van der Waals surface area contributed by atoms with Crippen LogP contribution in [0.2, 0.25) is 0 Å². The lowest BCUT2D eigenvalue weighted by Gasteiger charge is -2.38. The van der Waals surface area contributed by atoms with E-state index in [-0.39, 0.29) is 15.3 Å². The summed E-state index contributed by atoms with van der Waals surface area (Å²) in [5, 5.41) is 0.268. The number of nitrogens with one attached hydrogen (secondary N) is 1. The van der Waals surface area contributed by atoms with Crippen molar-refractivity contribution in [2.45, 2.75) is 35.9 Å². The normalized spacial score (nSPS) is 17.1. The first-order valence-corrected chi connectivity index (χ1v) is 9.42. The van der Waals surface area contributed by atoms with E-state index < -0.39 is 17.3 Å². The van der Waals surface area contributed by atoms with Gasteiger partial charge in [-0.3, -0.25) is 4.79 Å². The zero-order chi connectivity index (χ0) is 19.7. The van der Waals surface area contributed by atoms with Crippen LogP contribution in [-0.4, -0.2) is 29.6 Å².